The van der Waals surface area contributed by atoms with Gasteiger partial charge in [-0.2, -0.15) is 4.98 Å². The van der Waals surface area contributed by atoms with Crippen LogP contribution in [-0.2, 0) is 0 Å². The van der Waals surface area contributed by atoms with Gasteiger partial charge in [0.15, 0.2) is 0 Å². The van der Waals surface area contributed by atoms with Crippen molar-refractivity contribution in [1.29, 1.82) is 5.41 Å². The zero-order chi connectivity index (χ0) is 20.6. The first-order valence-electron chi connectivity index (χ1n) is 9.76. The van der Waals surface area contributed by atoms with Gasteiger partial charge < -0.3 is 15.6 Å². The Morgan fingerprint density at radius 2 is 1.93 bits per heavy atom. The maximum atomic E-state index is 10.0. The van der Waals surface area contributed by atoms with E-state index in [0.29, 0.717) is 24.0 Å². The Morgan fingerprint density at radius 3 is 2.66 bits per heavy atom. The van der Waals surface area contributed by atoms with Crippen LogP contribution in [0.25, 0.3) is 10.8 Å². The van der Waals surface area contributed by atoms with Crippen LogP contribution in [0.3, 0.4) is 0 Å². The van der Waals surface area contributed by atoms with Crippen LogP contribution in [0.1, 0.15) is 37.8 Å². The van der Waals surface area contributed by atoms with Crippen molar-refractivity contribution in [2.24, 2.45) is 0 Å². The largest absolute Gasteiger partial charge is 0.490 e. The van der Waals surface area contributed by atoms with Gasteiger partial charge in [-0.1, -0.05) is 18.2 Å². The fourth-order valence-corrected chi connectivity index (χ4v) is 3.15. The molecule has 0 radical (unpaired) electrons. The number of nitrogens with zero attached hydrogens (tertiary/aromatic N) is 2. The van der Waals surface area contributed by atoms with Crippen molar-refractivity contribution < 1.29 is 15.2 Å². The molecule has 0 spiro atoms. The average Bonchev–Trinajstić information content (AvgIpc) is 3.49. The fraction of sp³-hybridized carbons (Fsp3) is 0.318. The van der Waals surface area contributed by atoms with Gasteiger partial charge in [0.1, 0.15) is 35.6 Å². The van der Waals surface area contributed by atoms with E-state index in [2.05, 4.69) is 9.97 Å². The van der Waals surface area contributed by atoms with Crippen LogP contribution >= 0.6 is 0 Å². The predicted molar refractivity (Wildman–Crippen MR) is 113 cm³/mol. The lowest BCUT2D eigenvalue weighted by molar-refractivity contribution is -0.589. The van der Waals surface area contributed by atoms with Crippen molar-refractivity contribution in [2.45, 2.75) is 38.4 Å². The first-order chi connectivity index (χ1) is 13.8. The van der Waals surface area contributed by atoms with Crippen molar-refractivity contribution in [3.63, 3.8) is 0 Å². The average molecular weight is 392 g/mol. The highest BCUT2D eigenvalue weighted by Crippen LogP contribution is 2.30. The van der Waals surface area contributed by atoms with E-state index in [4.69, 9.17) is 15.9 Å². The number of aliphatic hydroxyl groups is 1. The summed E-state index contributed by atoms with van der Waals surface area (Å²) in [6, 6.07) is 11.9. The molecule has 6 N–H and O–H groups in total. The van der Waals surface area contributed by atoms with Crippen LogP contribution in [0.5, 0.6) is 5.75 Å². The zero-order valence-corrected chi connectivity index (χ0v) is 16.6. The third-order valence-electron chi connectivity index (χ3n) is 4.88. The van der Waals surface area contributed by atoms with Crippen molar-refractivity contribution in [2.75, 3.05) is 12.3 Å². The van der Waals surface area contributed by atoms with E-state index >= 15 is 0 Å². The van der Waals surface area contributed by atoms with Crippen LogP contribution in [0.2, 0.25) is 0 Å². The third-order valence-corrected chi connectivity index (χ3v) is 4.88. The van der Waals surface area contributed by atoms with Gasteiger partial charge in [0.05, 0.1) is 11.8 Å². The summed E-state index contributed by atoms with van der Waals surface area (Å²) in [6.07, 6.45) is 3.99. The van der Waals surface area contributed by atoms with E-state index in [1.165, 1.54) is 6.33 Å². The summed E-state index contributed by atoms with van der Waals surface area (Å²) in [6.45, 7) is 3.85. The molecule has 1 aliphatic carbocycles. The Kier molecular flexibility index (Phi) is 4.94. The van der Waals surface area contributed by atoms with Gasteiger partial charge in [0, 0.05) is 5.56 Å². The van der Waals surface area contributed by atoms with E-state index in [9.17, 15) is 5.11 Å². The molecule has 1 fully saturated rings. The Labute approximate surface area is 169 Å². The number of hydrogen-bond acceptors (Lipinski definition) is 6. The summed E-state index contributed by atoms with van der Waals surface area (Å²) in [7, 11) is 0. The van der Waals surface area contributed by atoms with Crippen LogP contribution < -0.4 is 15.8 Å². The molecule has 2 aromatic carbocycles. The molecule has 1 saturated carbocycles. The number of nitrogens with one attached hydrogen (secondary N) is 1. The molecule has 0 saturated heterocycles. The third kappa shape index (κ3) is 4.52. The van der Waals surface area contributed by atoms with Crippen LogP contribution in [0, 0.1) is 5.41 Å². The quantitative estimate of drug-likeness (QED) is 0.459. The molecule has 4 rings (SSSR count). The summed E-state index contributed by atoms with van der Waals surface area (Å²) in [5.74, 6) is 1.69. The molecule has 1 aromatic heterocycles. The van der Waals surface area contributed by atoms with Gasteiger partial charge in [-0.15, -0.1) is 0 Å². The molecule has 0 unspecified atom stereocenters. The number of anilines is 1. The lowest BCUT2D eigenvalue weighted by Gasteiger charge is -2.16. The second-order valence-corrected chi connectivity index (χ2v) is 8.16. The molecule has 0 bridgehead atoms. The standard InChI is InChI=1S/C22H25N5O2/c1-22(2,28)11-25-21-18(20(24)26-12-27-21)19(23)15-4-3-14-10-17(29-16-7-8-16)6-5-13(14)9-15/h3-6,9-10,12,16,23,28H,7-8,11H2,1-2H3,(H3,24,25,26,27)/p+1. The topological polar surface area (TPSA) is 122 Å². The lowest BCUT2D eigenvalue weighted by Crippen LogP contribution is -2.83. The van der Waals surface area contributed by atoms with Crippen molar-refractivity contribution >= 4 is 28.1 Å². The minimum Gasteiger partial charge on any atom is -0.490 e. The van der Waals surface area contributed by atoms with E-state index in [-0.39, 0.29) is 11.5 Å². The van der Waals surface area contributed by atoms with Gasteiger partial charge in [0.25, 0.3) is 0 Å². The molecule has 7 heteroatoms. The molecule has 0 atom stereocenters. The number of ether oxygens (including phenoxy) is 1. The summed E-state index contributed by atoms with van der Waals surface area (Å²) in [5, 5.41) is 22.6. The van der Waals surface area contributed by atoms with E-state index in [1.54, 1.807) is 19.2 Å². The minimum absolute atomic E-state index is 0.250. The molecule has 1 aliphatic rings. The van der Waals surface area contributed by atoms with Crippen molar-refractivity contribution in [3.05, 3.63) is 53.9 Å². The number of hydrogen-bond donors (Lipinski definition) is 4. The second-order valence-electron chi connectivity index (χ2n) is 8.16. The summed E-state index contributed by atoms with van der Waals surface area (Å²) >= 11 is 0. The first-order valence-corrected chi connectivity index (χ1v) is 9.76. The molecule has 0 amide bonds. The molecule has 0 aliphatic heterocycles. The van der Waals surface area contributed by atoms with Gasteiger partial charge in [-0.25, -0.2) is 4.98 Å². The highest BCUT2D eigenvalue weighted by molar-refractivity contribution is 6.16. The van der Waals surface area contributed by atoms with E-state index in [0.717, 1.165) is 34.9 Å². The molecular weight excluding hydrogens is 366 g/mol. The molecule has 1 heterocycles. The van der Waals surface area contributed by atoms with Gasteiger partial charge in [-0.05, 0) is 55.7 Å². The van der Waals surface area contributed by atoms with Gasteiger partial charge in [0.2, 0.25) is 5.82 Å². The highest BCUT2D eigenvalue weighted by Gasteiger charge is 2.24. The molecular formula is C22H26N5O2+. The Bertz CT molecular complexity index is 1070. The minimum atomic E-state index is -0.873. The smallest absolute Gasteiger partial charge is 0.239 e. The van der Waals surface area contributed by atoms with Crippen molar-refractivity contribution in [3.8, 4) is 5.75 Å². The summed E-state index contributed by atoms with van der Waals surface area (Å²) < 4.78 is 5.87. The number of nitrogens with two attached hydrogens (primary N) is 2. The van der Waals surface area contributed by atoms with Crippen molar-refractivity contribution in [1.82, 2.24) is 9.97 Å². The Balaban J connectivity index is 1.64. The predicted octanol–water partition coefficient (Wildman–Crippen LogP) is 2.14. The maximum absolute atomic E-state index is 10.0. The normalized spacial score (nSPS) is 14.2. The molecule has 7 nitrogen and oxygen atoms in total. The molecule has 150 valence electrons. The second kappa shape index (κ2) is 7.42. The SMILES string of the molecule is CC(C)(O)C[NH2+]c1ncnc(N)c1C(=N)c1ccc2cc(OC3CC3)ccc2c1. The van der Waals surface area contributed by atoms with Crippen LogP contribution in [-0.4, -0.2) is 39.0 Å². The first kappa shape index (κ1) is 19.3. The van der Waals surface area contributed by atoms with Gasteiger partial charge in [-0.3, -0.25) is 10.7 Å². The lowest BCUT2D eigenvalue weighted by atomic mass is 9.99. The number of aromatic nitrogens is 2. The number of nitrogen functional groups attached to an aromatic ring is 1. The maximum Gasteiger partial charge on any atom is 0.239 e. The number of benzene rings is 2. The Hall–Kier alpha value is -3.03. The van der Waals surface area contributed by atoms with Crippen LogP contribution in [0.15, 0.2) is 42.7 Å². The Morgan fingerprint density at radius 1 is 1.21 bits per heavy atom. The fourth-order valence-electron chi connectivity index (χ4n) is 3.15. The number of quaternary nitrogens is 1. The highest BCUT2D eigenvalue weighted by atomic mass is 16.5. The number of rotatable bonds is 7. The van der Waals surface area contributed by atoms with Crippen LogP contribution in [0.4, 0.5) is 11.6 Å². The van der Waals surface area contributed by atoms with Gasteiger partial charge >= 0.3 is 0 Å². The summed E-state index contributed by atoms with van der Waals surface area (Å²) in [4.78, 5) is 8.35. The molecule has 3 aromatic rings. The summed E-state index contributed by atoms with van der Waals surface area (Å²) in [5.41, 5.74) is 6.68. The molecule has 29 heavy (non-hydrogen) atoms. The number of fused-ring (bicyclic) bond motifs is 1. The zero-order valence-electron chi connectivity index (χ0n) is 16.6. The monoisotopic (exact) mass is 392 g/mol. The van der Waals surface area contributed by atoms with E-state index < -0.39 is 5.60 Å². The van der Waals surface area contributed by atoms with E-state index in [1.807, 2.05) is 36.4 Å².